The van der Waals surface area contributed by atoms with Gasteiger partial charge < -0.3 is 24.6 Å². The van der Waals surface area contributed by atoms with Crippen LogP contribution in [0.2, 0.25) is 0 Å². The van der Waals surface area contributed by atoms with Gasteiger partial charge in [0.25, 0.3) is 15.9 Å². The molecule has 3 aromatic carbocycles. The number of fused-ring (bicyclic) bond motifs is 1. The number of carbonyl (C=O) groups is 4. The summed E-state index contributed by atoms with van der Waals surface area (Å²) in [6.07, 6.45) is 3.57. The monoisotopic (exact) mass is 851 g/mol. The third kappa shape index (κ3) is 10.1. The lowest BCUT2D eigenvalue weighted by molar-refractivity contribution is -0.149. The van der Waals surface area contributed by atoms with Crippen LogP contribution in [-0.4, -0.2) is 91.3 Å². The average Bonchev–Trinajstić information content (AvgIpc) is 3.69. The highest BCUT2D eigenvalue weighted by Gasteiger charge is 2.49. The van der Waals surface area contributed by atoms with Gasteiger partial charge >= 0.3 is 0 Å². The van der Waals surface area contributed by atoms with Gasteiger partial charge in [0.05, 0.1) is 35.7 Å². The molecule has 13 nitrogen and oxygen atoms in total. The molecule has 2 aliphatic heterocycles. The molecule has 324 valence electrons. The minimum absolute atomic E-state index is 0.00957. The van der Waals surface area contributed by atoms with Crippen molar-refractivity contribution in [1.29, 1.82) is 0 Å². The maximum atomic E-state index is 15.0. The van der Waals surface area contributed by atoms with Crippen LogP contribution in [0.5, 0.6) is 11.5 Å². The van der Waals surface area contributed by atoms with Crippen LogP contribution in [0.4, 0.5) is 0 Å². The van der Waals surface area contributed by atoms with Crippen LogP contribution in [-0.2, 0) is 29.2 Å². The van der Waals surface area contributed by atoms with E-state index in [4.69, 9.17) is 14.5 Å². The quantitative estimate of drug-likeness (QED) is 0.134. The van der Waals surface area contributed by atoms with Crippen molar-refractivity contribution in [2.45, 2.75) is 89.3 Å². The first kappa shape index (κ1) is 44.8. The Labute approximate surface area is 358 Å². The number of nitrogens with one attached hydrogen (secondary N) is 2. The predicted octanol–water partition coefficient (Wildman–Crippen LogP) is 6.53. The van der Waals surface area contributed by atoms with E-state index in [1.165, 1.54) is 42.2 Å². The summed E-state index contributed by atoms with van der Waals surface area (Å²) in [5.74, 6) is -2.65. The van der Waals surface area contributed by atoms with E-state index in [0.717, 1.165) is 24.8 Å². The second-order valence-corrected chi connectivity index (χ2v) is 18.9. The number of rotatable bonds is 14. The number of benzene rings is 3. The lowest BCUT2D eigenvalue weighted by Crippen LogP contribution is -2.63. The number of ether oxygens (including phenoxy) is 2. The molecule has 61 heavy (non-hydrogen) atoms. The number of sulfonamides is 1. The van der Waals surface area contributed by atoms with E-state index in [-0.39, 0.29) is 30.2 Å². The van der Waals surface area contributed by atoms with Gasteiger partial charge in [0, 0.05) is 54.9 Å². The largest absolute Gasteiger partial charge is 0.497 e. The van der Waals surface area contributed by atoms with Gasteiger partial charge in [-0.05, 0) is 55.9 Å². The number of carbonyl (C=O) groups excluding carboxylic acids is 4. The SMILES string of the molecule is C=C[C@H](C)[C@@](C)(NC(=O)[C@@H]1C[C@@H](Oc2cc(-c3ccccc3)nc3cc(OC)ccc23)CN1C(=O)[C@@H](CC(=O)N1CCCCC1)C(C)(C)C)C(=O)NS(=O)(=O)c1ccccc1. The van der Waals surface area contributed by atoms with Crippen molar-refractivity contribution in [3.63, 3.8) is 0 Å². The number of hydrogen-bond donors (Lipinski definition) is 2. The summed E-state index contributed by atoms with van der Waals surface area (Å²) in [7, 11) is -2.74. The van der Waals surface area contributed by atoms with E-state index < -0.39 is 62.7 Å². The van der Waals surface area contributed by atoms with Gasteiger partial charge in [0.15, 0.2) is 0 Å². The molecule has 2 saturated heterocycles. The summed E-state index contributed by atoms with van der Waals surface area (Å²) in [5, 5.41) is 3.53. The number of amides is 4. The Bertz CT molecular complexity index is 2360. The van der Waals surface area contributed by atoms with Gasteiger partial charge in [-0.2, -0.15) is 0 Å². The number of aromatic nitrogens is 1. The van der Waals surface area contributed by atoms with E-state index in [1.54, 1.807) is 26.2 Å². The van der Waals surface area contributed by atoms with Crippen molar-refractivity contribution < 1.29 is 37.1 Å². The Balaban J connectivity index is 1.36. The number of likely N-dealkylation sites (tertiary alicyclic amines) is 2. The number of nitrogens with zero attached hydrogens (tertiary/aromatic N) is 3. The Morgan fingerprint density at radius 3 is 2.21 bits per heavy atom. The zero-order valence-corrected chi connectivity index (χ0v) is 36.7. The van der Waals surface area contributed by atoms with Crippen molar-refractivity contribution in [1.82, 2.24) is 24.8 Å². The molecule has 0 unspecified atom stereocenters. The maximum Gasteiger partial charge on any atom is 0.264 e. The first-order valence-electron chi connectivity index (χ1n) is 20.8. The van der Waals surface area contributed by atoms with Crippen LogP contribution >= 0.6 is 0 Å². The number of hydrogen-bond acceptors (Lipinski definition) is 9. The predicted molar refractivity (Wildman–Crippen MR) is 234 cm³/mol. The first-order chi connectivity index (χ1) is 28.9. The van der Waals surface area contributed by atoms with Gasteiger partial charge in [0.2, 0.25) is 17.7 Å². The van der Waals surface area contributed by atoms with Gasteiger partial charge in [-0.15, -0.1) is 6.58 Å². The van der Waals surface area contributed by atoms with Crippen molar-refractivity contribution in [2.24, 2.45) is 17.3 Å². The maximum absolute atomic E-state index is 15.0. The molecule has 6 rings (SSSR count). The molecule has 0 saturated carbocycles. The summed E-state index contributed by atoms with van der Waals surface area (Å²) in [5.41, 5.74) is -0.387. The molecule has 14 heteroatoms. The molecule has 5 atom stereocenters. The average molecular weight is 852 g/mol. The molecular weight excluding hydrogens is 795 g/mol. The molecule has 0 bridgehead atoms. The van der Waals surface area contributed by atoms with Crippen molar-refractivity contribution >= 4 is 44.6 Å². The summed E-state index contributed by atoms with van der Waals surface area (Å²) in [6.45, 7) is 13.9. The molecule has 2 fully saturated rings. The van der Waals surface area contributed by atoms with Gasteiger partial charge in [-0.1, -0.05) is 82.3 Å². The molecule has 1 aromatic heterocycles. The molecule has 0 spiro atoms. The highest BCUT2D eigenvalue weighted by atomic mass is 32.2. The van der Waals surface area contributed by atoms with E-state index in [1.807, 2.05) is 74.2 Å². The van der Waals surface area contributed by atoms with Gasteiger partial charge in [0.1, 0.15) is 29.2 Å². The molecule has 4 amide bonds. The summed E-state index contributed by atoms with van der Waals surface area (Å²) >= 11 is 0. The van der Waals surface area contributed by atoms with E-state index in [9.17, 15) is 22.8 Å². The molecule has 4 aromatic rings. The number of pyridine rings is 1. The zero-order chi connectivity index (χ0) is 44.1. The van der Waals surface area contributed by atoms with Crippen LogP contribution in [0, 0.1) is 17.3 Å². The van der Waals surface area contributed by atoms with E-state index in [2.05, 4.69) is 16.6 Å². The summed E-state index contributed by atoms with van der Waals surface area (Å²) in [4.78, 5) is 65.6. The van der Waals surface area contributed by atoms with Crippen LogP contribution in [0.25, 0.3) is 22.2 Å². The lowest BCUT2D eigenvalue weighted by atomic mass is 9.77. The summed E-state index contributed by atoms with van der Waals surface area (Å²) < 4.78 is 41.1. The minimum Gasteiger partial charge on any atom is -0.497 e. The van der Waals surface area contributed by atoms with Crippen LogP contribution < -0.4 is 19.5 Å². The van der Waals surface area contributed by atoms with Crippen LogP contribution in [0.1, 0.15) is 66.7 Å². The van der Waals surface area contributed by atoms with Crippen molar-refractivity contribution in [3.05, 3.63) is 97.6 Å². The van der Waals surface area contributed by atoms with Crippen molar-refractivity contribution in [3.8, 4) is 22.8 Å². The fourth-order valence-corrected chi connectivity index (χ4v) is 9.05. The van der Waals surface area contributed by atoms with Crippen LogP contribution in [0.3, 0.4) is 0 Å². The first-order valence-corrected chi connectivity index (χ1v) is 22.3. The normalized spacial score (nSPS) is 19.0. The van der Waals surface area contributed by atoms with Gasteiger partial charge in [-0.3, -0.25) is 19.2 Å². The van der Waals surface area contributed by atoms with E-state index in [0.29, 0.717) is 41.2 Å². The smallest absolute Gasteiger partial charge is 0.264 e. The molecule has 0 radical (unpaired) electrons. The molecule has 2 N–H and O–H groups in total. The summed E-state index contributed by atoms with van der Waals surface area (Å²) in [6, 6.07) is 23.2. The topological polar surface area (TPSA) is 164 Å². The second kappa shape index (κ2) is 18.5. The third-order valence-electron chi connectivity index (χ3n) is 12.0. The minimum atomic E-state index is -4.32. The molecule has 3 heterocycles. The fraction of sp³-hybridized carbons (Fsp3) is 0.426. The zero-order valence-electron chi connectivity index (χ0n) is 35.8. The third-order valence-corrected chi connectivity index (χ3v) is 13.4. The molecule has 2 aliphatic rings. The Hall–Kier alpha value is -5.76. The lowest BCUT2D eigenvalue weighted by Gasteiger charge is -2.38. The van der Waals surface area contributed by atoms with Crippen molar-refractivity contribution in [2.75, 3.05) is 26.7 Å². The van der Waals surface area contributed by atoms with Gasteiger partial charge in [-0.25, -0.2) is 18.1 Å². The number of methoxy groups -OCH3 is 1. The second-order valence-electron chi connectivity index (χ2n) is 17.3. The highest BCUT2D eigenvalue weighted by molar-refractivity contribution is 7.90. The highest BCUT2D eigenvalue weighted by Crippen LogP contribution is 2.38. The molecular formula is C47H57N5O8S. The Morgan fingerprint density at radius 1 is 0.934 bits per heavy atom. The Kier molecular flexibility index (Phi) is 13.6. The number of piperidine rings is 1. The standard InChI is InChI=1S/C47H57N5O8S/c1-8-31(2)47(6,45(56)50-61(57,58)35-20-14-10-15-21-35)49-43(54)40-27-34(30-52(40)44(55)37(46(3,4)5)28-42(53)51-24-16-11-17-25-51)60-41-29-38(32-18-12-9-13-19-32)48-39-26-33(59-7)22-23-36(39)41/h8-10,12-15,18-23,26,29,31,34,37,40H,1,11,16-17,24-25,27-28,30H2,2-7H3,(H,49,54)(H,50,56)/t31-,34+,37+,40-,47+/m0/s1. The molecule has 0 aliphatic carbocycles. The fourth-order valence-electron chi connectivity index (χ4n) is 7.96. The van der Waals surface area contributed by atoms with Crippen LogP contribution in [0.15, 0.2) is 102 Å². The Morgan fingerprint density at radius 2 is 1.59 bits per heavy atom. The van der Waals surface area contributed by atoms with E-state index >= 15 is 4.79 Å².